The van der Waals surface area contributed by atoms with Gasteiger partial charge in [-0.1, -0.05) is 162 Å². The van der Waals surface area contributed by atoms with E-state index in [9.17, 15) is 0 Å². The fourth-order valence-corrected chi connectivity index (χ4v) is 12.2. The molecule has 5 aliphatic rings. The molecule has 286 valence electrons. The number of benzene rings is 8. The predicted molar refractivity (Wildman–Crippen MR) is 252 cm³/mol. The van der Waals surface area contributed by atoms with E-state index in [0.717, 1.165) is 0 Å². The molecule has 0 amide bonds. The summed E-state index contributed by atoms with van der Waals surface area (Å²) in [6.07, 6.45) is 0. The average molecular weight is 769 g/mol. The van der Waals surface area contributed by atoms with Gasteiger partial charge >= 0.3 is 6.85 Å². The zero-order chi connectivity index (χ0) is 40.4. The van der Waals surface area contributed by atoms with Crippen molar-refractivity contribution in [3.63, 3.8) is 0 Å². The van der Waals surface area contributed by atoms with Gasteiger partial charge in [0, 0.05) is 33.7 Å². The first-order chi connectivity index (χ1) is 29.1. The maximum absolute atomic E-state index is 2.71. The zero-order valence-corrected chi connectivity index (χ0v) is 35.1. The summed E-state index contributed by atoms with van der Waals surface area (Å²) >= 11 is 0. The van der Waals surface area contributed by atoms with Crippen LogP contribution in [0.15, 0.2) is 164 Å². The Hall–Kier alpha value is -6.58. The second-order valence-corrected chi connectivity index (χ2v) is 19.3. The molecule has 13 rings (SSSR count). The number of anilines is 5. The fraction of sp³-hybridized carbons (Fsp3) is 0.158. The molecule has 0 saturated heterocycles. The molecule has 0 N–H and O–H groups in total. The zero-order valence-electron chi connectivity index (χ0n) is 35.1. The van der Waals surface area contributed by atoms with Crippen LogP contribution in [-0.4, -0.2) is 6.85 Å². The van der Waals surface area contributed by atoms with Gasteiger partial charge in [0.15, 0.2) is 0 Å². The van der Waals surface area contributed by atoms with E-state index in [4.69, 9.17) is 0 Å². The Kier molecular flexibility index (Phi) is 6.50. The molecule has 2 nitrogen and oxygen atoms in total. The molecule has 0 unspecified atom stereocenters. The van der Waals surface area contributed by atoms with Gasteiger partial charge in [-0.05, 0) is 132 Å². The van der Waals surface area contributed by atoms with E-state index in [1.165, 1.54) is 117 Å². The molecular weight excluding hydrogens is 723 g/mol. The van der Waals surface area contributed by atoms with E-state index >= 15 is 0 Å². The van der Waals surface area contributed by atoms with Crippen molar-refractivity contribution < 1.29 is 0 Å². The SMILES string of the molecule is Cc1cc2c3c(c1)N1c4ccccc4C4(c5ccccc5-c5ccccc54)c4cccc(c41)B3N(c1ccc(C(C)(C)C)cc1)c1cc3c(cc1-2)-c1ccccc1C3(C)C. The standard InChI is InChI=1S/C57H45BN2/c1-34-30-42-41-32-40-39-18-7-10-19-43(39)56(5,6)48(40)33-51(41)60(36-28-26-35(27-29-36)55(2,3)4)58-49-24-15-23-47-54(49)59(52(31-34)53(42)58)50-25-14-13-22-46(50)57(47)44-20-11-8-16-37(44)38-17-9-12-21-45(38)57/h7-33H,1-6H3. The molecule has 8 aromatic carbocycles. The van der Waals surface area contributed by atoms with Crippen LogP contribution < -0.4 is 20.6 Å². The van der Waals surface area contributed by atoms with Crippen molar-refractivity contribution in [2.75, 3.05) is 9.71 Å². The summed E-state index contributed by atoms with van der Waals surface area (Å²) in [7, 11) is 0. The summed E-state index contributed by atoms with van der Waals surface area (Å²) in [5, 5.41) is 0. The van der Waals surface area contributed by atoms with Crippen LogP contribution in [0, 0.1) is 6.92 Å². The Labute approximate surface area is 353 Å². The van der Waals surface area contributed by atoms with Crippen LogP contribution in [0.5, 0.6) is 0 Å². The first-order valence-electron chi connectivity index (χ1n) is 21.6. The first kappa shape index (κ1) is 34.3. The van der Waals surface area contributed by atoms with E-state index in [0.29, 0.717) is 0 Å². The van der Waals surface area contributed by atoms with Crippen molar-refractivity contribution in [1.82, 2.24) is 0 Å². The third-order valence-electron chi connectivity index (χ3n) is 14.8. The second kappa shape index (κ2) is 11.4. The average Bonchev–Trinajstić information content (AvgIpc) is 3.67. The predicted octanol–water partition coefficient (Wildman–Crippen LogP) is 13.0. The molecule has 0 saturated carbocycles. The van der Waals surface area contributed by atoms with Crippen molar-refractivity contribution in [3.05, 3.63) is 208 Å². The minimum Gasteiger partial charge on any atom is -0.376 e. The van der Waals surface area contributed by atoms with Gasteiger partial charge in [0.25, 0.3) is 0 Å². The third kappa shape index (κ3) is 4.06. The van der Waals surface area contributed by atoms with Crippen LogP contribution in [0.4, 0.5) is 28.4 Å². The van der Waals surface area contributed by atoms with Crippen molar-refractivity contribution in [2.24, 2.45) is 0 Å². The van der Waals surface area contributed by atoms with Crippen molar-refractivity contribution in [3.8, 4) is 33.4 Å². The molecule has 3 heteroatoms. The van der Waals surface area contributed by atoms with Crippen LogP contribution >= 0.6 is 0 Å². The van der Waals surface area contributed by atoms with E-state index < -0.39 is 5.41 Å². The Bertz CT molecular complexity index is 3150. The van der Waals surface area contributed by atoms with Crippen LogP contribution in [-0.2, 0) is 16.2 Å². The highest BCUT2D eigenvalue weighted by atomic mass is 15.2. The van der Waals surface area contributed by atoms with E-state index in [1.807, 2.05) is 0 Å². The summed E-state index contributed by atoms with van der Waals surface area (Å²) in [6, 6.07) is 63.4. The summed E-state index contributed by atoms with van der Waals surface area (Å²) < 4.78 is 0. The topological polar surface area (TPSA) is 6.48 Å². The molecule has 0 aromatic heterocycles. The monoisotopic (exact) mass is 768 g/mol. The molecule has 1 spiro atoms. The number of hydrogen-bond donors (Lipinski definition) is 0. The lowest BCUT2D eigenvalue weighted by Gasteiger charge is -2.51. The van der Waals surface area contributed by atoms with Crippen LogP contribution in [0.1, 0.15) is 79.1 Å². The van der Waals surface area contributed by atoms with Crippen molar-refractivity contribution >= 4 is 46.2 Å². The third-order valence-corrected chi connectivity index (χ3v) is 14.8. The molecule has 8 aromatic rings. The van der Waals surface area contributed by atoms with E-state index in [2.05, 4.69) is 215 Å². The highest BCUT2D eigenvalue weighted by Crippen LogP contribution is 2.64. The minimum absolute atomic E-state index is 0.0473. The summed E-state index contributed by atoms with van der Waals surface area (Å²) in [5.74, 6) is 0. The van der Waals surface area contributed by atoms with Gasteiger partial charge in [-0.15, -0.1) is 0 Å². The van der Waals surface area contributed by atoms with Gasteiger partial charge in [-0.3, -0.25) is 0 Å². The van der Waals surface area contributed by atoms with Crippen LogP contribution in [0.2, 0.25) is 0 Å². The molecule has 2 aliphatic carbocycles. The lowest BCUT2D eigenvalue weighted by atomic mass is 9.42. The lowest BCUT2D eigenvalue weighted by molar-refractivity contribution is 0.590. The summed E-state index contributed by atoms with van der Waals surface area (Å²) in [6.45, 7) is 14.0. The Morgan fingerprint density at radius 3 is 1.75 bits per heavy atom. The fourth-order valence-electron chi connectivity index (χ4n) is 12.2. The molecular formula is C57H45BN2. The highest BCUT2D eigenvalue weighted by molar-refractivity contribution is 6.93. The quantitative estimate of drug-likeness (QED) is 0.154. The van der Waals surface area contributed by atoms with Crippen LogP contribution in [0.3, 0.4) is 0 Å². The normalized spacial score (nSPS) is 16.0. The molecule has 3 heterocycles. The van der Waals surface area contributed by atoms with Gasteiger partial charge in [-0.25, -0.2) is 0 Å². The summed E-state index contributed by atoms with van der Waals surface area (Å²) in [4.78, 5) is 5.35. The van der Waals surface area contributed by atoms with Crippen molar-refractivity contribution in [2.45, 2.75) is 57.8 Å². The number of hydrogen-bond acceptors (Lipinski definition) is 2. The Balaban J connectivity index is 1.17. The molecule has 60 heavy (non-hydrogen) atoms. The maximum atomic E-state index is 2.71. The van der Waals surface area contributed by atoms with Gasteiger partial charge in [0.1, 0.15) is 0 Å². The largest absolute Gasteiger partial charge is 0.376 e. The van der Waals surface area contributed by atoms with Gasteiger partial charge in [0.2, 0.25) is 0 Å². The number of para-hydroxylation sites is 2. The smallest absolute Gasteiger partial charge is 0.333 e. The van der Waals surface area contributed by atoms with Gasteiger partial charge < -0.3 is 9.71 Å². The molecule has 0 atom stereocenters. The Morgan fingerprint density at radius 1 is 0.467 bits per heavy atom. The molecule has 0 bridgehead atoms. The number of rotatable bonds is 1. The Morgan fingerprint density at radius 2 is 1.07 bits per heavy atom. The maximum Gasteiger partial charge on any atom is 0.333 e. The summed E-state index contributed by atoms with van der Waals surface area (Å²) in [5.41, 5.74) is 27.3. The van der Waals surface area contributed by atoms with Gasteiger partial charge in [0.05, 0.1) is 11.1 Å². The van der Waals surface area contributed by atoms with E-state index in [1.54, 1.807) is 0 Å². The van der Waals surface area contributed by atoms with Crippen LogP contribution in [0.25, 0.3) is 33.4 Å². The number of aryl methyl sites for hydroxylation is 1. The molecule has 0 fully saturated rings. The van der Waals surface area contributed by atoms with Crippen molar-refractivity contribution in [1.29, 1.82) is 0 Å². The lowest BCUT2D eigenvalue weighted by Crippen LogP contribution is -2.62. The number of fused-ring (bicyclic) bond motifs is 16. The van der Waals surface area contributed by atoms with E-state index in [-0.39, 0.29) is 17.7 Å². The highest BCUT2D eigenvalue weighted by Gasteiger charge is 2.56. The number of nitrogens with zero attached hydrogens (tertiary/aromatic N) is 2. The molecule has 3 aliphatic heterocycles. The molecule has 0 radical (unpaired) electrons. The first-order valence-corrected chi connectivity index (χ1v) is 21.6. The minimum atomic E-state index is -0.474. The van der Waals surface area contributed by atoms with Gasteiger partial charge in [-0.2, -0.15) is 0 Å². The second-order valence-electron chi connectivity index (χ2n) is 19.3.